The van der Waals surface area contributed by atoms with E-state index < -0.39 is 0 Å². The second kappa shape index (κ2) is 5.32. The molecule has 3 heteroatoms. The highest BCUT2D eigenvalue weighted by molar-refractivity contribution is 5.49. The van der Waals surface area contributed by atoms with Crippen LogP contribution in [0.5, 0.6) is 5.75 Å². The molecule has 0 amide bonds. The molecule has 0 radical (unpaired) electrons. The Balaban J connectivity index is 3.22. The molecule has 0 saturated carbocycles. The number of ether oxygens (including phenoxy) is 1. The zero-order valence-electron chi connectivity index (χ0n) is 10.5. The Morgan fingerprint density at radius 2 is 1.94 bits per heavy atom. The van der Waals surface area contributed by atoms with E-state index >= 15 is 0 Å². The van der Waals surface area contributed by atoms with Crippen LogP contribution in [0.25, 0.3) is 0 Å². The van der Waals surface area contributed by atoms with E-state index in [0.29, 0.717) is 6.42 Å². The first kappa shape index (κ1) is 13.0. The third kappa shape index (κ3) is 2.36. The van der Waals surface area contributed by atoms with Crippen LogP contribution in [0.4, 0.5) is 0 Å². The second-order valence-electron chi connectivity index (χ2n) is 4.18. The SMILES string of the molecule is COc1c(C)cc(C(N)CCO)c(C)c1C. The average molecular weight is 223 g/mol. The molecule has 0 aliphatic rings. The van der Waals surface area contributed by atoms with E-state index in [1.165, 1.54) is 0 Å². The summed E-state index contributed by atoms with van der Waals surface area (Å²) in [6.07, 6.45) is 0.589. The minimum atomic E-state index is -0.103. The van der Waals surface area contributed by atoms with E-state index in [4.69, 9.17) is 15.6 Å². The van der Waals surface area contributed by atoms with E-state index in [0.717, 1.165) is 28.0 Å². The summed E-state index contributed by atoms with van der Waals surface area (Å²) in [5.41, 5.74) is 10.5. The molecule has 3 nitrogen and oxygen atoms in total. The number of hydrogen-bond acceptors (Lipinski definition) is 3. The number of hydrogen-bond donors (Lipinski definition) is 2. The van der Waals surface area contributed by atoms with Crippen LogP contribution >= 0.6 is 0 Å². The van der Waals surface area contributed by atoms with E-state index in [2.05, 4.69) is 6.07 Å². The van der Waals surface area contributed by atoms with Gasteiger partial charge in [-0.15, -0.1) is 0 Å². The Morgan fingerprint density at radius 3 is 2.44 bits per heavy atom. The van der Waals surface area contributed by atoms with Gasteiger partial charge in [-0.25, -0.2) is 0 Å². The van der Waals surface area contributed by atoms with Gasteiger partial charge in [-0.1, -0.05) is 6.07 Å². The molecule has 90 valence electrons. The smallest absolute Gasteiger partial charge is 0.124 e. The number of nitrogens with two attached hydrogens (primary N) is 1. The van der Waals surface area contributed by atoms with Gasteiger partial charge in [-0.05, 0) is 49.4 Å². The lowest BCUT2D eigenvalue weighted by Gasteiger charge is -2.19. The van der Waals surface area contributed by atoms with Crippen LogP contribution in [0.2, 0.25) is 0 Å². The fourth-order valence-electron chi connectivity index (χ4n) is 2.08. The molecule has 1 unspecified atom stereocenters. The lowest BCUT2D eigenvalue weighted by molar-refractivity contribution is 0.276. The highest BCUT2D eigenvalue weighted by atomic mass is 16.5. The third-order valence-corrected chi connectivity index (χ3v) is 3.11. The second-order valence-corrected chi connectivity index (χ2v) is 4.18. The van der Waals surface area contributed by atoms with Crippen molar-refractivity contribution in [1.29, 1.82) is 0 Å². The molecule has 1 aromatic rings. The van der Waals surface area contributed by atoms with E-state index in [-0.39, 0.29) is 12.6 Å². The van der Waals surface area contributed by atoms with Crippen LogP contribution in [0.15, 0.2) is 6.07 Å². The molecule has 0 aromatic heterocycles. The Labute approximate surface area is 97.2 Å². The van der Waals surface area contributed by atoms with Gasteiger partial charge in [-0.2, -0.15) is 0 Å². The van der Waals surface area contributed by atoms with Crippen molar-refractivity contribution < 1.29 is 9.84 Å². The van der Waals surface area contributed by atoms with Gasteiger partial charge < -0.3 is 15.6 Å². The summed E-state index contributed by atoms with van der Waals surface area (Å²) in [6.45, 7) is 6.21. The fraction of sp³-hybridized carbons (Fsp3) is 0.538. The highest BCUT2D eigenvalue weighted by Gasteiger charge is 2.14. The summed E-state index contributed by atoms with van der Waals surface area (Å²) in [5, 5.41) is 8.92. The molecule has 0 aliphatic carbocycles. The standard InChI is InChI=1S/C13H21NO2/c1-8-7-11(12(14)5-6-15)9(2)10(3)13(8)16-4/h7,12,15H,5-6,14H2,1-4H3. The van der Waals surface area contributed by atoms with Crippen LogP contribution < -0.4 is 10.5 Å². The lowest BCUT2D eigenvalue weighted by atomic mass is 9.93. The Hall–Kier alpha value is -1.06. The van der Waals surface area contributed by atoms with Gasteiger partial charge in [0.05, 0.1) is 7.11 Å². The number of benzene rings is 1. The Kier molecular flexibility index (Phi) is 4.33. The van der Waals surface area contributed by atoms with E-state index in [9.17, 15) is 0 Å². The van der Waals surface area contributed by atoms with Crippen molar-refractivity contribution in [3.8, 4) is 5.75 Å². The van der Waals surface area contributed by atoms with Crippen LogP contribution in [-0.4, -0.2) is 18.8 Å². The molecule has 0 spiro atoms. The summed E-state index contributed by atoms with van der Waals surface area (Å²) in [7, 11) is 1.68. The van der Waals surface area contributed by atoms with Crippen molar-refractivity contribution in [3.63, 3.8) is 0 Å². The molecular weight excluding hydrogens is 202 g/mol. The molecule has 16 heavy (non-hydrogen) atoms. The molecular formula is C13H21NO2. The van der Waals surface area contributed by atoms with E-state index in [1.807, 2.05) is 20.8 Å². The normalized spacial score (nSPS) is 12.6. The molecule has 0 heterocycles. The molecule has 0 bridgehead atoms. The Morgan fingerprint density at radius 1 is 1.31 bits per heavy atom. The summed E-state index contributed by atoms with van der Waals surface area (Å²) >= 11 is 0. The molecule has 0 saturated heterocycles. The van der Waals surface area contributed by atoms with Crippen LogP contribution in [0.3, 0.4) is 0 Å². The molecule has 1 rings (SSSR count). The molecule has 1 atom stereocenters. The summed E-state index contributed by atoms with van der Waals surface area (Å²) in [4.78, 5) is 0. The van der Waals surface area contributed by atoms with Gasteiger partial charge >= 0.3 is 0 Å². The predicted molar refractivity (Wildman–Crippen MR) is 65.8 cm³/mol. The quantitative estimate of drug-likeness (QED) is 0.821. The highest BCUT2D eigenvalue weighted by Crippen LogP contribution is 2.31. The van der Waals surface area contributed by atoms with Gasteiger partial charge in [0.15, 0.2) is 0 Å². The van der Waals surface area contributed by atoms with Crippen molar-refractivity contribution in [1.82, 2.24) is 0 Å². The van der Waals surface area contributed by atoms with Gasteiger partial charge in [0, 0.05) is 12.6 Å². The van der Waals surface area contributed by atoms with Crippen LogP contribution in [-0.2, 0) is 0 Å². The summed E-state index contributed by atoms with van der Waals surface area (Å²) in [5.74, 6) is 0.928. The first-order valence-electron chi connectivity index (χ1n) is 5.54. The van der Waals surface area contributed by atoms with Gasteiger partial charge in [-0.3, -0.25) is 0 Å². The molecule has 1 aromatic carbocycles. The monoisotopic (exact) mass is 223 g/mol. The fourth-order valence-corrected chi connectivity index (χ4v) is 2.08. The summed E-state index contributed by atoms with van der Waals surface area (Å²) in [6, 6.07) is 1.95. The van der Waals surface area contributed by atoms with Crippen molar-refractivity contribution in [3.05, 3.63) is 28.3 Å². The topological polar surface area (TPSA) is 55.5 Å². The lowest BCUT2D eigenvalue weighted by Crippen LogP contribution is -2.14. The first-order valence-corrected chi connectivity index (χ1v) is 5.54. The molecule has 3 N–H and O–H groups in total. The van der Waals surface area contributed by atoms with Crippen molar-refractivity contribution in [2.75, 3.05) is 13.7 Å². The average Bonchev–Trinajstić information content (AvgIpc) is 2.24. The van der Waals surface area contributed by atoms with E-state index in [1.54, 1.807) is 7.11 Å². The van der Waals surface area contributed by atoms with Crippen molar-refractivity contribution in [2.24, 2.45) is 5.73 Å². The molecule has 0 fully saturated rings. The van der Waals surface area contributed by atoms with Crippen LogP contribution in [0.1, 0.15) is 34.7 Å². The number of aliphatic hydroxyl groups is 1. The maximum atomic E-state index is 8.92. The largest absolute Gasteiger partial charge is 0.496 e. The van der Waals surface area contributed by atoms with Crippen molar-refractivity contribution in [2.45, 2.75) is 33.2 Å². The number of methoxy groups -OCH3 is 1. The minimum absolute atomic E-state index is 0.103. The zero-order chi connectivity index (χ0) is 12.3. The first-order chi connectivity index (χ1) is 7.52. The number of aryl methyl sites for hydroxylation is 1. The Bertz CT molecular complexity index is 375. The number of aliphatic hydroxyl groups excluding tert-OH is 1. The van der Waals surface area contributed by atoms with Gasteiger partial charge in [0.1, 0.15) is 5.75 Å². The van der Waals surface area contributed by atoms with Crippen molar-refractivity contribution >= 4 is 0 Å². The third-order valence-electron chi connectivity index (χ3n) is 3.11. The number of rotatable bonds is 4. The van der Waals surface area contributed by atoms with Gasteiger partial charge in [0.25, 0.3) is 0 Å². The summed E-state index contributed by atoms with van der Waals surface area (Å²) < 4.78 is 5.36. The zero-order valence-corrected chi connectivity index (χ0v) is 10.5. The maximum Gasteiger partial charge on any atom is 0.124 e. The van der Waals surface area contributed by atoms with Crippen LogP contribution in [0, 0.1) is 20.8 Å². The minimum Gasteiger partial charge on any atom is -0.496 e. The predicted octanol–water partition coefficient (Wildman–Crippen LogP) is 2.00. The molecule has 0 aliphatic heterocycles. The maximum absolute atomic E-state index is 8.92. The van der Waals surface area contributed by atoms with Gasteiger partial charge in [0.2, 0.25) is 0 Å².